The first kappa shape index (κ1) is 13.8. The number of aliphatic hydroxyl groups excluding tert-OH is 2. The molecule has 2 atom stereocenters. The van der Waals surface area contributed by atoms with Crippen molar-refractivity contribution in [3.8, 4) is 0 Å². The molecule has 0 aromatic rings. The zero-order valence-electron chi connectivity index (χ0n) is 9.77. The van der Waals surface area contributed by atoms with Gasteiger partial charge in [-0.15, -0.1) is 0 Å². The number of aliphatic hydroxyl groups is 2. The molecular weight excluding hydrogens is 180 g/mol. The van der Waals surface area contributed by atoms with Gasteiger partial charge in [-0.05, 0) is 26.9 Å². The topological polar surface area (TPSA) is 46.9 Å². The fraction of sp³-hybridized carbons (Fsp3) is 1.00. The summed E-state index contributed by atoms with van der Waals surface area (Å²) < 4.78 is 0. The molecule has 0 fully saturated rings. The van der Waals surface area contributed by atoms with Gasteiger partial charge in [0.2, 0.25) is 0 Å². The molecule has 0 aliphatic heterocycles. The van der Waals surface area contributed by atoms with Crippen LogP contribution < -0.4 is 0 Å². The molecule has 2 N–H and O–H groups in total. The number of rotatable bonds is 7. The SMILES string of the molecule is CCC(O)N(C)CCN(C)C(O)CC. The molecule has 0 spiro atoms. The van der Waals surface area contributed by atoms with Gasteiger partial charge in [0.25, 0.3) is 0 Å². The Morgan fingerprint density at radius 2 is 1.14 bits per heavy atom. The first-order valence-corrected chi connectivity index (χ1v) is 5.29. The molecule has 0 aromatic heterocycles. The van der Waals surface area contributed by atoms with E-state index in [9.17, 15) is 10.2 Å². The van der Waals surface area contributed by atoms with Crippen molar-refractivity contribution in [2.24, 2.45) is 0 Å². The molecule has 0 aliphatic rings. The second-order valence-electron chi connectivity index (χ2n) is 3.74. The fourth-order valence-electron chi connectivity index (χ4n) is 1.24. The largest absolute Gasteiger partial charge is 0.378 e. The zero-order valence-corrected chi connectivity index (χ0v) is 9.77. The first-order chi connectivity index (χ1) is 6.52. The van der Waals surface area contributed by atoms with Gasteiger partial charge >= 0.3 is 0 Å². The Labute approximate surface area is 87.1 Å². The second kappa shape index (κ2) is 7.17. The lowest BCUT2D eigenvalue weighted by Crippen LogP contribution is -2.40. The van der Waals surface area contributed by atoms with E-state index in [1.807, 2.05) is 37.7 Å². The summed E-state index contributed by atoms with van der Waals surface area (Å²) in [6, 6.07) is 0. The first-order valence-electron chi connectivity index (χ1n) is 5.29. The Bertz CT molecular complexity index is 128. The van der Waals surface area contributed by atoms with Gasteiger partial charge in [-0.3, -0.25) is 9.80 Å². The van der Waals surface area contributed by atoms with E-state index in [2.05, 4.69) is 0 Å². The summed E-state index contributed by atoms with van der Waals surface area (Å²) in [5, 5.41) is 19.0. The fourth-order valence-corrected chi connectivity index (χ4v) is 1.24. The van der Waals surface area contributed by atoms with Crippen LogP contribution in [-0.4, -0.2) is 59.7 Å². The Kier molecular flexibility index (Phi) is 7.09. The van der Waals surface area contributed by atoms with Crippen molar-refractivity contribution in [1.82, 2.24) is 9.80 Å². The van der Waals surface area contributed by atoms with Crippen LogP contribution in [0.15, 0.2) is 0 Å². The Morgan fingerprint density at radius 1 is 0.857 bits per heavy atom. The molecule has 0 aliphatic carbocycles. The van der Waals surface area contributed by atoms with E-state index in [4.69, 9.17) is 0 Å². The van der Waals surface area contributed by atoms with Gasteiger partial charge in [0.05, 0.1) is 0 Å². The van der Waals surface area contributed by atoms with E-state index in [0.717, 1.165) is 25.9 Å². The minimum atomic E-state index is -0.373. The smallest absolute Gasteiger partial charge is 0.106 e. The third-order valence-corrected chi connectivity index (χ3v) is 2.55. The quantitative estimate of drug-likeness (QED) is 0.586. The molecule has 4 nitrogen and oxygen atoms in total. The van der Waals surface area contributed by atoms with Crippen LogP contribution >= 0.6 is 0 Å². The molecule has 0 heterocycles. The van der Waals surface area contributed by atoms with Gasteiger partial charge in [0, 0.05) is 13.1 Å². The van der Waals surface area contributed by atoms with E-state index >= 15 is 0 Å². The van der Waals surface area contributed by atoms with Crippen LogP contribution in [0.4, 0.5) is 0 Å². The molecule has 0 bridgehead atoms. The van der Waals surface area contributed by atoms with E-state index in [0.29, 0.717) is 0 Å². The van der Waals surface area contributed by atoms with Crippen LogP contribution in [0.25, 0.3) is 0 Å². The molecule has 86 valence electrons. The van der Waals surface area contributed by atoms with Crippen LogP contribution in [0.3, 0.4) is 0 Å². The summed E-state index contributed by atoms with van der Waals surface area (Å²) in [6.07, 6.45) is 0.719. The maximum atomic E-state index is 9.48. The van der Waals surface area contributed by atoms with Gasteiger partial charge < -0.3 is 10.2 Å². The summed E-state index contributed by atoms with van der Waals surface area (Å²) >= 11 is 0. The van der Waals surface area contributed by atoms with Crippen molar-refractivity contribution in [2.75, 3.05) is 27.2 Å². The van der Waals surface area contributed by atoms with Gasteiger partial charge in [-0.1, -0.05) is 13.8 Å². The average Bonchev–Trinajstić information content (AvgIpc) is 2.22. The Balaban J connectivity index is 3.70. The highest BCUT2D eigenvalue weighted by molar-refractivity contribution is 4.60. The lowest BCUT2D eigenvalue weighted by molar-refractivity contribution is -0.0133. The third kappa shape index (κ3) is 4.91. The number of nitrogens with zero attached hydrogens (tertiary/aromatic N) is 2. The minimum absolute atomic E-state index is 0.373. The van der Waals surface area contributed by atoms with Crippen LogP contribution in [0.1, 0.15) is 26.7 Å². The van der Waals surface area contributed by atoms with Crippen molar-refractivity contribution in [3.05, 3.63) is 0 Å². The molecule has 14 heavy (non-hydrogen) atoms. The average molecular weight is 204 g/mol. The molecule has 0 radical (unpaired) electrons. The maximum absolute atomic E-state index is 9.48. The van der Waals surface area contributed by atoms with Crippen molar-refractivity contribution in [3.63, 3.8) is 0 Å². The predicted molar refractivity (Wildman–Crippen MR) is 57.9 cm³/mol. The van der Waals surface area contributed by atoms with Crippen molar-refractivity contribution in [1.29, 1.82) is 0 Å². The summed E-state index contributed by atoms with van der Waals surface area (Å²) in [5.41, 5.74) is 0. The highest BCUT2D eigenvalue weighted by Gasteiger charge is 2.12. The summed E-state index contributed by atoms with van der Waals surface area (Å²) in [7, 11) is 3.78. The predicted octanol–water partition coefficient (Wildman–Crippen LogP) is 0.307. The lowest BCUT2D eigenvalue weighted by atomic mass is 10.3. The maximum Gasteiger partial charge on any atom is 0.106 e. The molecule has 0 amide bonds. The molecule has 0 rings (SSSR count). The highest BCUT2D eigenvalue weighted by Crippen LogP contribution is 2.00. The normalized spacial score (nSPS) is 16.3. The molecule has 0 saturated carbocycles. The van der Waals surface area contributed by atoms with Gasteiger partial charge in [0.15, 0.2) is 0 Å². The van der Waals surface area contributed by atoms with Gasteiger partial charge in [-0.2, -0.15) is 0 Å². The monoisotopic (exact) mass is 204 g/mol. The second-order valence-corrected chi connectivity index (χ2v) is 3.74. The van der Waals surface area contributed by atoms with E-state index in [1.54, 1.807) is 0 Å². The molecule has 4 heteroatoms. The Hall–Kier alpha value is -0.160. The van der Waals surface area contributed by atoms with E-state index < -0.39 is 0 Å². The minimum Gasteiger partial charge on any atom is -0.378 e. The van der Waals surface area contributed by atoms with E-state index in [1.165, 1.54) is 0 Å². The summed E-state index contributed by atoms with van der Waals surface area (Å²) in [6.45, 7) is 5.43. The molecule has 0 aromatic carbocycles. The van der Waals surface area contributed by atoms with Crippen molar-refractivity contribution >= 4 is 0 Å². The highest BCUT2D eigenvalue weighted by atomic mass is 16.3. The zero-order chi connectivity index (χ0) is 11.1. The standard InChI is InChI=1S/C10H24N2O2/c1-5-9(13)11(3)7-8-12(4)10(14)6-2/h9-10,13-14H,5-8H2,1-4H3. The van der Waals surface area contributed by atoms with Gasteiger partial charge in [0.1, 0.15) is 12.5 Å². The van der Waals surface area contributed by atoms with Crippen LogP contribution in [0.5, 0.6) is 0 Å². The molecular formula is C10H24N2O2. The number of hydrogen-bond acceptors (Lipinski definition) is 4. The van der Waals surface area contributed by atoms with E-state index in [-0.39, 0.29) is 12.5 Å². The number of hydrogen-bond donors (Lipinski definition) is 2. The van der Waals surface area contributed by atoms with Gasteiger partial charge in [-0.25, -0.2) is 0 Å². The van der Waals surface area contributed by atoms with Crippen LogP contribution in [0, 0.1) is 0 Å². The number of likely N-dealkylation sites (N-methyl/N-ethyl adjacent to an activating group) is 2. The summed E-state index contributed by atoms with van der Waals surface area (Å²) in [4.78, 5) is 3.78. The van der Waals surface area contributed by atoms with Crippen molar-refractivity contribution in [2.45, 2.75) is 39.1 Å². The molecule has 0 saturated heterocycles. The molecule has 2 unspecified atom stereocenters. The third-order valence-electron chi connectivity index (χ3n) is 2.55. The van der Waals surface area contributed by atoms with Crippen molar-refractivity contribution < 1.29 is 10.2 Å². The van der Waals surface area contributed by atoms with Crippen LogP contribution in [-0.2, 0) is 0 Å². The lowest BCUT2D eigenvalue weighted by Gasteiger charge is -2.27. The Morgan fingerprint density at radius 3 is 1.36 bits per heavy atom. The summed E-state index contributed by atoms with van der Waals surface area (Å²) in [5.74, 6) is 0. The van der Waals surface area contributed by atoms with Crippen LogP contribution in [0.2, 0.25) is 0 Å².